The van der Waals surface area contributed by atoms with Crippen LogP contribution in [0.5, 0.6) is 0 Å². The van der Waals surface area contributed by atoms with Crippen molar-refractivity contribution >= 4 is 6.21 Å². The zero-order valence-electron chi connectivity index (χ0n) is 31.5. The summed E-state index contributed by atoms with van der Waals surface area (Å²) in [6.07, 6.45) is 17.1. The number of allylic oxidation sites excluding steroid dienone is 3. The van der Waals surface area contributed by atoms with Crippen LogP contribution in [0.4, 0.5) is 4.39 Å². The topological polar surface area (TPSA) is 12.4 Å². The van der Waals surface area contributed by atoms with Gasteiger partial charge in [-0.2, -0.15) is 0 Å². The molecule has 1 aliphatic rings. The van der Waals surface area contributed by atoms with E-state index < -0.39 is 0 Å². The molecule has 1 aromatic rings. The van der Waals surface area contributed by atoms with E-state index in [1.54, 1.807) is 6.07 Å². The van der Waals surface area contributed by atoms with Gasteiger partial charge in [-0.25, -0.2) is 4.39 Å². The summed E-state index contributed by atoms with van der Waals surface area (Å²) < 4.78 is 13.2. The molecule has 0 heterocycles. The average Bonchev–Trinajstić information content (AvgIpc) is 3.07. The molecule has 0 aliphatic heterocycles. The monoisotopic (exact) mass is 592 g/mol. The largest absolute Gasteiger partial charge is 0.266 e. The molecule has 0 bridgehead atoms. The van der Waals surface area contributed by atoms with Gasteiger partial charge in [-0.1, -0.05) is 139 Å². The van der Waals surface area contributed by atoms with E-state index in [0.29, 0.717) is 5.92 Å². The summed E-state index contributed by atoms with van der Waals surface area (Å²) in [5.41, 5.74) is 3.21. The van der Waals surface area contributed by atoms with Gasteiger partial charge in [0.15, 0.2) is 0 Å². The Bertz CT molecular complexity index is 681. The van der Waals surface area contributed by atoms with Crippen molar-refractivity contribution in [3.63, 3.8) is 0 Å². The highest BCUT2D eigenvalue weighted by Crippen LogP contribution is 2.28. The van der Waals surface area contributed by atoms with Crippen LogP contribution in [0.1, 0.15) is 159 Å². The van der Waals surface area contributed by atoms with Crippen LogP contribution in [0.3, 0.4) is 0 Å². The van der Waals surface area contributed by atoms with Crippen LogP contribution in [0.2, 0.25) is 0 Å². The Morgan fingerprint density at radius 1 is 0.929 bits per heavy atom. The van der Waals surface area contributed by atoms with Crippen molar-refractivity contribution in [3.8, 4) is 0 Å². The lowest BCUT2D eigenvalue weighted by molar-refractivity contribution is 0.331. The molecule has 1 nitrogen and oxygen atoms in total. The van der Waals surface area contributed by atoms with E-state index in [1.165, 1.54) is 44.2 Å². The van der Waals surface area contributed by atoms with Crippen molar-refractivity contribution in [1.82, 2.24) is 0 Å². The third-order valence-electron chi connectivity index (χ3n) is 6.34. The van der Waals surface area contributed by atoms with Crippen LogP contribution in [-0.2, 0) is 6.42 Å². The van der Waals surface area contributed by atoms with E-state index in [2.05, 4.69) is 64.6 Å². The molecule has 0 saturated heterocycles. The SMILES string of the molecule is C=C.C=CC1CCC(C)CC1.CC.CC.CC.CC.CC=N/C(=C\C)C(C)CC.CCCCCc1cc(C)ccc1F. The molecule has 42 heavy (non-hydrogen) atoms. The van der Waals surface area contributed by atoms with Crippen LogP contribution in [-0.4, -0.2) is 6.21 Å². The Labute approximate surface area is 267 Å². The molecule has 2 rings (SSSR count). The second kappa shape index (κ2) is 46.0. The Balaban J connectivity index is -0.000000101. The Morgan fingerprint density at radius 2 is 1.43 bits per heavy atom. The Kier molecular flexibility index (Phi) is 57.7. The summed E-state index contributed by atoms with van der Waals surface area (Å²) in [6.45, 7) is 40.7. The molecule has 0 aromatic heterocycles. The van der Waals surface area contributed by atoms with Crippen LogP contribution in [0.15, 0.2) is 60.8 Å². The number of aliphatic imine (C=N–C) groups is 1. The highest BCUT2D eigenvalue weighted by Gasteiger charge is 2.14. The van der Waals surface area contributed by atoms with Crippen molar-refractivity contribution in [2.75, 3.05) is 0 Å². The minimum Gasteiger partial charge on any atom is -0.266 e. The van der Waals surface area contributed by atoms with Crippen molar-refractivity contribution in [3.05, 3.63) is 72.7 Å². The van der Waals surface area contributed by atoms with Gasteiger partial charge in [0.25, 0.3) is 0 Å². The summed E-state index contributed by atoms with van der Waals surface area (Å²) in [5, 5.41) is 0. The summed E-state index contributed by atoms with van der Waals surface area (Å²) in [7, 11) is 0. The first-order chi connectivity index (χ1) is 20.3. The molecule has 250 valence electrons. The number of hydrogen-bond acceptors (Lipinski definition) is 1. The molecule has 1 aromatic carbocycles. The minimum absolute atomic E-state index is 0.0540. The van der Waals surface area contributed by atoms with Gasteiger partial charge in [0.05, 0.1) is 0 Å². The van der Waals surface area contributed by atoms with Crippen molar-refractivity contribution < 1.29 is 4.39 Å². The molecule has 0 spiro atoms. The number of rotatable bonds is 8. The molecule has 2 heteroatoms. The van der Waals surface area contributed by atoms with Gasteiger partial charge in [-0.3, -0.25) is 4.99 Å². The third kappa shape index (κ3) is 34.2. The normalized spacial score (nSPS) is 15.5. The quantitative estimate of drug-likeness (QED) is 0.162. The third-order valence-corrected chi connectivity index (χ3v) is 6.34. The maximum Gasteiger partial charge on any atom is 0.126 e. The maximum absolute atomic E-state index is 13.2. The average molecular weight is 592 g/mol. The summed E-state index contributed by atoms with van der Waals surface area (Å²) in [5.74, 6) is 2.35. The Hall–Kier alpha value is -1.96. The van der Waals surface area contributed by atoms with E-state index in [4.69, 9.17) is 0 Å². The van der Waals surface area contributed by atoms with E-state index >= 15 is 0 Å². The van der Waals surface area contributed by atoms with Gasteiger partial charge >= 0.3 is 0 Å². The molecule has 1 aliphatic carbocycles. The number of hydrogen-bond donors (Lipinski definition) is 0. The van der Waals surface area contributed by atoms with Crippen LogP contribution < -0.4 is 0 Å². The molecular weight excluding hydrogens is 513 g/mol. The number of aryl methyl sites for hydroxylation is 2. The first kappa shape index (κ1) is 52.7. The molecule has 1 unspecified atom stereocenters. The first-order valence-corrected chi connectivity index (χ1v) is 17.3. The fraction of sp³-hybridized carbons (Fsp3) is 0.675. The predicted octanol–water partition coefficient (Wildman–Crippen LogP) is 14.8. The van der Waals surface area contributed by atoms with Gasteiger partial charge in [-0.15, -0.1) is 19.7 Å². The first-order valence-electron chi connectivity index (χ1n) is 17.3. The number of halogens is 1. The minimum atomic E-state index is -0.0540. The number of benzene rings is 1. The molecule has 0 radical (unpaired) electrons. The second-order valence-corrected chi connectivity index (χ2v) is 9.22. The fourth-order valence-corrected chi connectivity index (χ4v) is 3.83. The van der Waals surface area contributed by atoms with E-state index in [0.717, 1.165) is 42.2 Å². The summed E-state index contributed by atoms with van der Waals surface area (Å²) in [4.78, 5) is 4.25. The molecule has 1 fully saturated rings. The van der Waals surface area contributed by atoms with Crippen LogP contribution in [0.25, 0.3) is 0 Å². The van der Waals surface area contributed by atoms with E-state index in [9.17, 15) is 4.39 Å². The van der Waals surface area contributed by atoms with Gasteiger partial charge in [0, 0.05) is 11.9 Å². The standard InChI is InChI=1S/C12H17F.C9H17N.C9H16.4C2H6.C2H4/c1-3-4-5-6-11-9-10(2)7-8-12(11)13;1-5-8(4)9(6-2)10-7-3;1-3-9-6-4-8(2)5-7-9;5*1-2/h7-9H,3-6H2,1-2H3;6-8H,5H2,1-4H3;3,8-9H,1,4-7H2,2H3;4*1-2H3;1-2H2/b;9-6-,10-7?;;;;;;. The molecular formula is C40H78FN. The molecule has 1 saturated carbocycles. The Morgan fingerprint density at radius 3 is 1.81 bits per heavy atom. The van der Waals surface area contributed by atoms with Crippen LogP contribution in [0, 0.1) is 30.5 Å². The summed E-state index contributed by atoms with van der Waals surface area (Å²) >= 11 is 0. The second-order valence-electron chi connectivity index (χ2n) is 9.22. The van der Waals surface area contributed by atoms with E-state index in [1.807, 2.05) is 94.5 Å². The fourth-order valence-electron chi connectivity index (χ4n) is 3.83. The molecule has 0 amide bonds. The van der Waals surface area contributed by atoms with Crippen LogP contribution >= 0.6 is 0 Å². The molecule has 0 N–H and O–H groups in total. The van der Waals surface area contributed by atoms with Gasteiger partial charge < -0.3 is 0 Å². The number of nitrogens with zero attached hydrogens (tertiary/aromatic N) is 1. The van der Waals surface area contributed by atoms with Crippen molar-refractivity contribution in [1.29, 1.82) is 0 Å². The zero-order valence-corrected chi connectivity index (χ0v) is 31.5. The van der Waals surface area contributed by atoms with Gasteiger partial charge in [0.2, 0.25) is 0 Å². The van der Waals surface area contributed by atoms with Crippen molar-refractivity contribution in [2.45, 2.75) is 162 Å². The van der Waals surface area contributed by atoms with Crippen molar-refractivity contribution in [2.24, 2.45) is 22.7 Å². The highest BCUT2D eigenvalue weighted by molar-refractivity contribution is 5.55. The van der Waals surface area contributed by atoms with Gasteiger partial charge in [0.1, 0.15) is 5.82 Å². The zero-order chi connectivity index (χ0) is 34.4. The lowest BCUT2D eigenvalue weighted by Crippen LogP contribution is -2.09. The maximum atomic E-state index is 13.2. The molecule has 1 atom stereocenters. The lowest BCUT2D eigenvalue weighted by atomic mass is 9.83. The predicted molar refractivity (Wildman–Crippen MR) is 200 cm³/mol. The summed E-state index contributed by atoms with van der Waals surface area (Å²) in [6, 6.07) is 5.33. The van der Waals surface area contributed by atoms with Gasteiger partial charge in [-0.05, 0) is 82.3 Å². The highest BCUT2D eigenvalue weighted by atomic mass is 19.1. The lowest BCUT2D eigenvalue weighted by Gasteiger charge is -2.23. The number of unbranched alkanes of at least 4 members (excludes halogenated alkanes) is 2. The van der Waals surface area contributed by atoms with E-state index in [-0.39, 0.29) is 5.82 Å². The smallest absolute Gasteiger partial charge is 0.126 e.